The molecule has 1 aliphatic rings. The molecule has 6 nitrogen and oxygen atoms in total. The van der Waals surface area contributed by atoms with Gasteiger partial charge in [0.1, 0.15) is 5.69 Å². The lowest BCUT2D eigenvalue weighted by atomic mass is 9.94. The molecule has 2 N–H and O–H groups in total. The Balaban J connectivity index is 1.64. The number of amides is 1. The van der Waals surface area contributed by atoms with Crippen LogP contribution >= 0.6 is 0 Å². The zero-order valence-electron chi connectivity index (χ0n) is 12.4. The quantitative estimate of drug-likeness (QED) is 0.868. The minimum absolute atomic E-state index is 0.186. The maximum Gasteiger partial charge on any atom is 0.269 e. The predicted molar refractivity (Wildman–Crippen MR) is 82.6 cm³/mol. The summed E-state index contributed by atoms with van der Waals surface area (Å²) in [7, 11) is 2.05. The lowest BCUT2D eigenvalue weighted by Crippen LogP contribution is -2.45. The van der Waals surface area contributed by atoms with Crippen LogP contribution in [0.1, 0.15) is 21.6 Å². The number of aromatic amines is 1. The molecule has 0 saturated carbocycles. The molecule has 1 amide bonds. The first-order valence-corrected chi connectivity index (χ1v) is 7.23. The lowest BCUT2D eigenvalue weighted by molar-refractivity contribution is 0.0929. The Morgan fingerprint density at radius 3 is 2.91 bits per heavy atom. The first-order chi connectivity index (χ1) is 10.6. The first-order valence-electron chi connectivity index (χ1n) is 7.23. The first kappa shape index (κ1) is 14.5. The van der Waals surface area contributed by atoms with Gasteiger partial charge in [0.05, 0.1) is 12.4 Å². The second kappa shape index (κ2) is 6.11. The molecule has 1 aromatic heterocycles. The number of H-pyrrole nitrogens is 1. The van der Waals surface area contributed by atoms with Crippen molar-refractivity contribution in [1.82, 2.24) is 20.2 Å². The van der Waals surface area contributed by atoms with E-state index in [2.05, 4.69) is 39.4 Å². The van der Waals surface area contributed by atoms with E-state index >= 15 is 0 Å². The van der Waals surface area contributed by atoms with Crippen molar-refractivity contribution >= 4 is 5.91 Å². The third-order valence-electron chi connectivity index (χ3n) is 4.01. The minimum atomic E-state index is -0.378. The van der Waals surface area contributed by atoms with Gasteiger partial charge >= 0.3 is 0 Å². The van der Waals surface area contributed by atoms with E-state index in [0.29, 0.717) is 6.54 Å². The summed E-state index contributed by atoms with van der Waals surface area (Å²) < 4.78 is 0. The number of nitrogens with one attached hydrogen (secondary N) is 2. The molecule has 114 valence electrons. The van der Waals surface area contributed by atoms with Gasteiger partial charge in [-0.3, -0.25) is 19.5 Å². The van der Waals surface area contributed by atoms with Crippen molar-refractivity contribution in [3.05, 3.63) is 63.8 Å². The smallest absolute Gasteiger partial charge is 0.269 e. The molecule has 22 heavy (non-hydrogen) atoms. The van der Waals surface area contributed by atoms with Crippen LogP contribution in [0.25, 0.3) is 0 Å². The highest BCUT2D eigenvalue weighted by Crippen LogP contribution is 2.21. The lowest BCUT2D eigenvalue weighted by Gasteiger charge is -2.34. The van der Waals surface area contributed by atoms with E-state index in [-0.39, 0.29) is 23.2 Å². The zero-order valence-corrected chi connectivity index (χ0v) is 12.4. The third-order valence-corrected chi connectivity index (χ3v) is 4.01. The molecular weight excluding hydrogens is 280 g/mol. The van der Waals surface area contributed by atoms with Crippen molar-refractivity contribution in [2.24, 2.45) is 0 Å². The van der Waals surface area contributed by atoms with Crippen LogP contribution in [0, 0.1) is 0 Å². The molecule has 0 spiro atoms. The highest BCUT2D eigenvalue weighted by molar-refractivity contribution is 5.91. The number of nitrogens with zero attached hydrogens (tertiary/aromatic N) is 2. The van der Waals surface area contributed by atoms with Gasteiger partial charge in [0, 0.05) is 19.1 Å². The van der Waals surface area contributed by atoms with Crippen molar-refractivity contribution in [2.75, 3.05) is 13.6 Å². The molecule has 0 radical (unpaired) electrons. The SMILES string of the molecule is CN1Cc2ccccc2C[C@H]1CNC(=O)c1cncc(=O)[nH]1. The van der Waals surface area contributed by atoms with Crippen molar-refractivity contribution in [1.29, 1.82) is 0 Å². The molecule has 2 aromatic rings. The number of aromatic nitrogens is 2. The Morgan fingerprint density at radius 2 is 2.14 bits per heavy atom. The predicted octanol–water partition coefficient (Wildman–Crippen LogP) is 0.556. The molecule has 1 aliphatic heterocycles. The number of carbonyl (C=O) groups is 1. The van der Waals surface area contributed by atoms with Gasteiger partial charge in [-0.15, -0.1) is 0 Å². The molecular formula is C16H18N4O2. The number of benzene rings is 1. The molecule has 0 aliphatic carbocycles. The number of hydrogen-bond donors (Lipinski definition) is 2. The molecule has 0 fully saturated rings. The molecule has 1 aromatic carbocycles. The minimum Gasteiger partial charge on any atom is -0.349 e. The summed E-state index contributed by atoms with van der Waals surface area (Å²) in [5, 5.41) is 2.87. The molecule has 2 heterocycles. The van der Waals surface area contributed by atoms with Gasteiger partial charge in [0.25, 0.3) is 11.5 Å². The summed E-state index contributed by atoms with van der Waals surface area (Å²) in [5.74, 6) is -0.308. The highest BCUT2D eigenvalue weighted by atomic mass is 16.2. The third kappa shape index (κ3) is 3.07. The second-order valence-corrected chi connectivity index (χ2v) is 5.56. The summed E-state index contributed by atoms with van der Waals surface area (Å²) in [6.45, 7) is 1.40. The topological polar surface area (TPSA) is 78.1 Å². The summed E-state index contributed by atoms with van der Waals surface area (Å²) in [5.41, 5.74) is 2.47. The van der Waals surface area contributed by atoms with E-state index in [9.17, 15) is 9.59 Å². The van der Waals surface area contributed by atoms with Crippen LogP contribution in [-0.4, -0.2) is 40.4 Å². The molecule has 1 atom stereocenters. The van der Waals surface area contributed by atoms with E-state index in [1.807, 2.05) is 12.1 Å². The van der Waals surface area contributed by atoms with Gasteiger partial charge in [0.15, 0.2) is 0 Å². The summed E-state index contributed by atoms with van der Waals surface area (Å²) in [6, 6.07) is 8.60. The van der Waals surface area contributed by atoms with Crippen LogP contribution in [0.2, 0.25) is 0 Å². The maximum absolute atomic E-state index is 12.1. The summed E-state index contributed by atoms with van der Waals surface area (Å²) in [4.78, 5) is 31.7. The fourth-order valence-electron chi connectivity index (χ4n) is 2.74. The Morgan fingerprint density at radius 1 is 1.36 bits per heavy atom. The number of likely N-dealkylation sites (N-methyl/N-ethyl adjacent to an activating group) is 1. The van der Waals surface area contributed by atoms with E-state index < -0.39 is 0 Å². The van der Waals surface area contributed by atoms with Crippen LogP contribution in [0.15, 0.2) is 41.5 Å². The van der Waals surface area contributed by atoms with Gasteiger partial charge < -0.3 is 10.3 Å². The number of fused-ring (bicyclic) bond motifs is 1. The van der Waals surface area contributed by atoms with E-state index in [1.54, 1.807) is 0 Å². The van der Waals surface area contributed by atoms with Crippen LogP contribution in [0.4, 0.5) is 0 Å². The standard InChI is InChI=1S/C16H18N4O2/c1-20-10-12-5-3-2-4-11(12)6-13(20)7-18-16(22)14-8-17-9-15(21)19-14/h2-5,8-9,13H,6-7,10H2,1H3,(H,18,22)(H,19,21)/t13-/m0/s1. The molecule has 0 unspecified atom stereocenters. The fraction of sp³-hybridized carbons (Fsp3) is 0.312. The monoisotopic (exact) mass is 298 g/mol. The van der Waals surface area contributed by atoms with Crippen molar-refractivity contribution in [3.8, 4) is 0 Å². The normalized spacial score (nSPS) is 17.8. The Labute approximate surface area is 128 Å². The summed E-state index contributed by atoms with van der Waals surface area (Å²) in [6.07, 6.45) is 3.40. The molecule has 3 rings (SSSR count). The van der Waals surface area contributed by atoms with Gasteiger partial charge in [-0.2, -0.15) is 0 Å². The summed E-state index contributed by atoms with van der Waals surface area (Å²) >= 11 is 0. The number of hydrogen-bond acceptors (Lipinski definition) is 4. The zero-order chi connectivity index (χ0) is 15.5. The highest BCUT2D eigenvalue weighted by Gasteiger charge is 2.23. The fourth-order valence-corrected chi connectivity index (χ4v) is 2.74. The molecule has 0 saturated heterocycles. The Kier molecular flexibility index (Phi) is 4.02. The van der Waals surface area contributed by atoms with Crippen LogP contribution in [0.3, 0.4) is 0 Å². The number of carbonyl (C=O) groups excluding carboxylic acids is 1. The van der Waals surface area contributed by atoms with Gasteiger partial charge in [-0.1, -0.05) is 24.3 Å². The Hall–Kier alpha value is -2.47. The van der Waals surface area contributed by atoms with E-state index in [4.69, 9.17) is 0 Å². The van der Waals surface area contributed by atoms with Gasteiger partial charge in [-0.05, 0) is 24.6 Å². The van der Waals surface area contributed by atoms with Crippen LogP contribution in [0.5, 0.6) is 0 Å². The van der Waals surface area contributed by atoms with Crippen molar-refractivity contribution in [3.63, 3.8) is 0 Å². The average molecular weight is 298 g/mol. The second-order valence-electron chi connectivity index (χ2n) is 5.56. The number of rotatable bonds is 3. The average Bonchev–Trinajstić information content (AvgIpc) is 2.52. The van der Waals surface area contributed by atoms with Gasteiger partial charge in [0.2, 0.25) is 0 Å². The van der Waals surface area contributed by atoms with Crippen LogP contribution in [-0.2, 0) is 13.0 Å². The largest absolute Gasteiger partial charge is 0.349 e. The van der Waals surface area contributed by atoms with E-state index in [0.717, 1.165) is 19.2 Å². The van der Waals surface area contributed by atoms with Gasteiger partial charge in [-0.25, -0.2) is 0 Å². The molecule has 0 bridgehead atoms. The van der Waals surface area contributed by atoms with Crippen molar-refractivity contribution < 1.29 is 4.79 Å². The molecule has 6 heteroatoms. The Bertz CT molecular complexity index is 741. The van der Waals surface area contributed by atoms with E-state index in [1.165, 1.54) is 17.3 Å². The van der Waals surface area contributed by atoms with Crippen molar-refractivity contribution in [2.45, 2.75) is 19.0 Å². The maximum atomic E-state index is 12.1. The van der Waals surface area contributed by atoms with Crippen LogP contribution < -0.4 is 10.9 Å².